The highest BCUT2D eigenvalue weighted by Gasteiger charge is 2.13. The minimum absolute atomic E-state index is 0.0153. The molecule has 0 aliphatic heterocycles. The fraction of sp³-hybridized carbons (Fsp3) is 0.0698. The summed E-state index contributed by atoms with van der Waals surface area (Å²) >= 11 is 0. The first-order valence-corrected chi connectivity index (χ1v) is 17.1. The monoisotopic (exact) mass is 736 g/mol. The maximum absolute atomic E-state index is 12.7. The molecule has 0 bridgehead atoms. The molecule has 0 saturated heterocycles. The Morgan fingerprint density at radius 3 is 1.36 bits per heavy atom. The molecule has 6 rings (SSSR count). The van der Waals surface area contributed by atoms with Crippen molar-refractivity contribution >= 4 is 46.9 Å². The van der Waals surface area contributed by atoms with Crippen LogP contribution in [0.25, 0.3) is 0 Å². The van der Waals surface area contributed by atoms with Crippen molar-refractivity contribution in [3.05, 3.63) is 168 Å². The van der Waals surface area contributed by atoms with Gasteiger partial charge in [0.15, 0.2) is 0 Å². The van der Waals surface area contributed by atoms with E-state index in [-0.39, 0.29) is 28.9 Å². The van der Waals surface area contributed by atoms with Gasteiger partial charge in [-0.15, -0.1) is 0 Å². The van der Waals surface area contributed by atoms with Crippen LogP contribution in [0.5, 0.6) is 23.0 Å². The molecule has 0 aliphatic rings. The molecule has 0 aromatic heterocycles. The van der Waals surface area contributed by atoms with Crippen molar-refractivity contribution in [2.45, 2.75) is 19.8 Å². The van der Waals surface area contributed by atoms with Gasteiger partial charge in [0.25, 0.3) is 0 Å². The van der Waals surface area contributed by atoms with Crippen molar-refractivity contribution in [3.8, 4) is 23.0 Å². The van der Waals surface area contributed by atoms with E-state index in [9.17, 15) is 24.3 Å². The molecule has 0 radical (unpaired) electrons. The van der Waals surface area contributed by atoms with Gasteiger partial charge in [-0.3, -0.25) is 20.7 Å². The van der Waals surface area contributed by atoms with Gasteiger partial charge in [-0.25, -0.2) is 14.4 Å². The molecule has 55 heavy (non-hydrogen) atoms. The van der Waals surface area contributed by atoms with Crippen molar-refractivity contribution in [2.24, 2.45) is 0 Å². The van der Waals surface area contributed by atoms with Gasteiger partial charge in [-0.2, -0.15) is 0 Å². The van der Waals surface area contributed by atoms with Gasteiger partial charge in [0.1, 0.15) is 23.0 Å². The molecule has 0 fully saturated rings. The van der Waals surface area contributed by atoms with Gasteiger partial charge < -0.3 is 24.6 Å². The molecule has 12 nitrogen and oxygen atoms in total. The molecule has 5 N–H and O–H groups in total. The Morgan fingerprint density at radius 1 is 0.473 bits per heavy atom. The van der Waals surface area contributed by atoms with Crippen LogP contribution in [0.1, 0.15) is 29.2 Å². The lowest BCUT2D eigenvalue weighted by atomic mass is 10.0. The number of anilines is 4. The first-order valence-electron chi connectivity index (χ1n) is 17.1. The molecule has 0 atom stereocenters. The second-order valence-electron chi connectivity index (χ2n) is 12.3. The molecule has 0 spiro atoms. The van der Waals surface area contributed by atoms with E-state index in [0.29, 0.717) is 29.9 Å². The van der Waals surface area contributed by atoms with Crippen LogP contribution in [0, 0.1) is 0 Å². The summed E-state index contributed by atoms with van der Waals surface area (Å²) in [6, 6.07) is 41.3. The molecule has 0 unspecified atom stereocenters. The summed E-state index contributed by atoms with van der Waals surface area (Å²) in [5, 5.41) is 20.6. The van der Waals surface area contributed by atoms with E-state index in [1.165, 1.54) is 25.1 Å². The Kier molecular flexibility index (Phi) is 12.0. The number of carbonyl (C=O) groups is 4. The van der Waals surface area contributed by atoms with Crippen LogP contribution in [-0.4, -0.2) is 29.3 Å². The number of para-hydroxylation sites is 2. The molecule has 0 aliphatic carbocycles. The Balaban J connectivity index is 0.974. The normalized spacial score (nSPS) is 10.4. The number of phenols is 1. The predicted octanol–water partition coefficient (Wildman–Crippen LogP) is 9.36. The summed E-state index contributed by atoms with van der Waals surface area (Å²) in [6.45, 7) is 1.47. The summed E-state index contributed by atoms with van der Waals surface area (Å²) in [6.07, 6.45) is -1.09. The Bertz CT molecular complexity index is 2310. The highest BCUT2D eigenvalue weighted by molar-refractivity contribution is 5.90. The maximum Gasteiger partial charge on any atom is 0.417 e. The van der Waals surface area contributed by atoms with E-state index >= 15 is 0 Å². The van der Waals surface area contributed by atoms with Gasteiger partial charge in [-0.1, -0.05) is 72.8 Å². The highest BCUT2D eigenvalue weighted by Crippen LogP contribution is 2.25. The fourth-order valence-corrected chi connectivity index (χ4v) is 5.53. The van der Waals surface area contributed by atoms with E-state index in [1.807, 2.05) is 60.7 Å². The molecule has 276 valence electrons. The van der Waals surface area contributed by atoms with Gasteiger partial charge in [-0.05, 0) is 95.8 Å². The highest BCUT2D eigenvalue weighted by atomic mass is 16.6. The average Bonchev–Trinajstić information content (AvgIpc) is 3.15. The van der Waals surface area contributed by atoms with Crippen molar-refractivity contribution < 1.29 is 38.5 Å². The van der Waals surface area contributed by atoms with Crippen LogP contribution in [0.15, 0.2) is 146 Å². The number of rotatable bonds is 11. The second kappa shape index (κ2) is 17.8. The summed E-state index contributed by atoms with van der Waals surface area (Å²) in [5.41, 5.74) is 6.02. The number of phenolic OH excluding ortho intramolecular Hbond substituents is 1. The number of benzene rings is 6. The van der Waals surface area contributed by atoms with Crippen molar-refractivity contribution in [2.75, 3.05) is 21.3 Å². The summed E-state index contributed by atoms with van der Waals surface area (Å²) in [7, 11) is 0. The minimum atomic E-state index is -0.742. The Hall–Kier alpha value is -7.60. The third kappa shape index (κ3) is 11.2. The van der Waals surface area contributed by atoms with Crippen molar-refractivity contribution in [1.29, 1.82) is 0 Å². The SMILES string of the molecule is CC(=O)Nc1ccccc1Cc1ccc(NC(=O)Oc2cccc(OC(=O)Nc3ccc(Cc4ccccc4NC(=O)Oc4cccc(O)c4)cc3)c2)cc1. The largest absolute Gasteiger partial charge is 0.508 e. The molecule has 6 aromatic carbocycles. The molecular formula is C43H36N4O8. The van der Waals surface area contributed by atoms with Crippen LogP contribution >= 0.6 is 0 Å². The number of hydrogen-bond donors (Lipinski definition) is 5. The van der Waals surface area contributed by atoms with Crippen LogP contribution < -0.4 is 35.5 Å². The predicted molar refractivity (Wildman–Crippen MR) is 209 cm³/mol. The smallest absolute Gasteiger partial charge is 0.417 e. The number of amides is 4. The van der Waals surface area contributed by atoms with E-state index in [2.05, 4.69) is 21.3 Å². The Labute approximate surface area is 316 Å². The van der Waals surface area contributed by atoms with Crippen LogP contribution in [0.4, 0.5) is 37.1 Å². The summed E-state index contributed by atoms with van der Waals surface area (Å²) in [4.78, 5) is 49.4. The molecule has 0 heterocycles. The van der Waals surface area contributed by atoms with Crippen molar-refractivity contribution in [1.82, 2.24) is 0 Å². The number of nitrogens with one attached hydrogen (secondary N) is 4. The quantitative estimate of drug-likeness (QED) is 0.0878. The van der Waals surface area contributed by atoms with Gasteiger partial charge in [0.05, 0.1) is 0 Å². The lowest BCUT2D eigenvalue weighted by Gasteiger charge is -2.12. The summed E-state index contributed by atoms with van der Waals surface area (Å²) in [5.74, 6) is 0.379. The lowest BCUT2D eigenvalue weighted by molar-refractivity contribution is -0.114. The number of ether oxygens (including phenoxy) is 3. The van der Waals surface area contributed by atoms with Gasteiger partial charge in [0, 0.05) is 41.8 Å². The molecular weight excluding hydrogens is 700 g/mol. The topological polar surface area (TPSA) is 164 Å². The third-order valence-electron chi connectivity index (χ3n) is 8.03. The van der Waals surface area contributed by atoms with E-state index in [0.717, 1.165) is 27.9 Å². The first-order chi connectivity index (χ1) is 26.6. The fourth-order valence-electron chi connectivity index (χ4n) is 5.53. The zero-order valence-corrected chi connectivity index (χ0v) is 29.6. The molecule has 4 amide bonds. The zero-order chi connectivity index (χ0) is 38.6. The van der Waals surface area contributed by atoms with Crippen LogP contribution in [0.3, 0.4) is 0 Å². The van der Waals surface area contributed by atoms with Crippen LogP contribution in [0.2, 0.25) is 0 Å². The second-order valence-corrected chi connectivity index (χ2v) is 12.3. The average molecular weight is 737 g/mol. The van der Waals surface area contributed by atoms with Gasteiger partial charge in [0.2, 0.25) is 5.91 Å². The molecule has 0 saturated carbocycles. The standard InChI is InChI=1S/C43H36N4O8/c1-28(48)44-39-14-4-2-8-31(39)24-29-16-20-33(21-17-29)45-41(50)54-37-12-7-13-38(27-37)55-42(51)46-34-22-18-30(19-23-34)25-32-9-3-5-15-40(32)47-43(52)53-36-11-6-10-35(49)26-36/h2-23,26-27,49H,24-25H2,1H3,(H,44,48)(H,45,50)(H,46,51)(H,47,52). The number of carbonyl (C=O) groups excluding carboxylic acids is 4. The number of hydrogen-bond acceptors (Lipinski definition) is 8. The van der Waals surface area contributed by atoms with Crippen molar-refractivity contribution in [3.63, 3.8) is 0 Å². The zero-order valence-electron chi connectivity index (χ0n) is 29.6. The number of aromatic hydroxyl groups is 1. The lowest BCUT2D eigenvalue weighted by Crippen LogP contribution is -2.18. The molecule has 12 heteroatoms. The van der Waals surface area contributed by atoms with E-state index in [4.69, 9.17) is 14.2 Å². The maximum atomic E-state index is 12.7. The molecule has 6 aromatic rings. The van der Waals surface area contributed by atoms with E-state index < -0.39 is 18.3 Å². The first kappa shape index (κ1) is 37.2. The third-order valence-corrected chi connectivity index (χ3v) is 8.03. The van der Waals surface area contributed by atoms with Crippen LogP contribution in [-0.2, 0) is 17.6 Å². The minimum Gasteiger partial charge on any atom is -0.508 e. The van der Waals surface area contributed by atoms with Gasteiger partial charge >= 0.3 is 18.3 Å². The summed E-state index contributed by atoms with van der Waals surface area (Å²) < 4.78 is 16.1. The Morgan fingerprint density at radius 2 is 0.891 bits per heavy atom. The van der Waals surface area contributed by atoms with E-state index in [1.54, 1.807) is 66.7 Å².